The number of benzene rings is 12. The predicted molar refractivity (Wildman–Crippen MR) is 281 cm³/mol. The Morgan fingerprint density at radius 3 is 0.662 bits per heavy atom. The van der Waals surface area contributed by atoms with Crippen molar-refractivity contribution in [2.75, 3.05) is 0 Å². The molecule has 16 aromatic rings. The van der Waals surface area contributed by atoms with Crippen molar-refractivity contribution in [3.8, 4) is 44.5 Å². The van der Waals surface area contributed by atoms with Gasteiger partial charge in [-0.25, -0.2) is 0 Å². The largest absolute Gasteiger partial charge is 0.456 e. The number of para-hydroxylation sites is 4. The minimum Gasteiger partial charge on any atom is -0.456 e. The molecule has 4 aromatic heterocycles. The molecule has 4 heterocycles. The molecule has 4 nitrogen and oxygen atoms in total. The molecule has 0 N–H and O–H groups in total. The van der Waals surface area contributed by atoms with E-state index in [0.29, 0.717) is 0 Å². The van der Waals surface area contributed by atoms with Crippen LogP contribution in [0.5, 0.6) is 0 Å². The summed E-state index contributed by atoms with van der Waals surface area (Å²) in [6.45, 7) is 0. The van der Waals surface area contributed by atoms with Crippen molar-refractivity contribution in [2.24, 2.45) is 0 Å². The maximum Gasteiger partial charge on any atom is 0.136 e. The summed E-state index contributed by atoms with van der Waals surface area (Å²) in [5, 5.41) is 15.9. The number of rotatable bonds is 4. The Morgan fingerprint density at radius 1 is 0.162 bits per heavy atom. The van der Waals surface area contributed by atoms with Gasteiger partial charge in [-0.3, -0.25) is 0 Å². The molecule has 4 heteroatoms. The lowest BCUT2D eigenvalue weighted by Crippen LogP contribution is -1.95. The van der Waals surface area contributed by atoms with Gasteiger partial charge in [0.25, 0.3) is 0 Å². The lowest BCUT2D eigenvalue weighted by molar-refractivity contribution is 0.668. The normalized spacial score (nSPS) is 12.4. The zero-order valence-electron chi connectivity index (χ0n) is 36.3. The molecule has 0 radical (unpaired) electrons. The van der Waals surface area contributed by atoms with Gasteiger partial charge in [0.15, 0.2) is 0 Å². The van der Waals surface area contributed by atoms with Gasteiger partial charge >= 0.3 is 0 Å². The number of hydrogen-bond acceptors (Lipinski definition) is 4. The summed E-state index contributed by atoms with van der Waals surface area (Å²) in [5.41, 5.74) is 16.0. The van der Waals surface area contributed by atoms with E-state index >= 15 is 0 Å². The highest BCUT2D eigenvalue weighted by Gasteiger charge is 2.26. The topological polar surface area (TPSA) is 52.6 Å². The first kappa shape index (κ1) is 36.1. The van der Waals surface area contributed by atoms with Crippen molar-refractivity contribution in [3.63, 3.8) is 0 Å². The molecule has 0 fully saturated rings. The first-order valence-corrected chi connectivity index (χ1v) is 23.1. The van der Waals surface area contributed by atoms with Crippen LogP contribution in [0.3, 0.4) is 0 Å². The van der Waals surface area contributed by atoms with Crippen LogP contribution in [0.4, 0.5) is 0 Å². The summed E-state index contributed by atoms with van der Waals surface area (Å²) in [6, 6.07) is 73.8. The molecule has 0 atom stereocenters. The summed E-state index contributed by atoms with van der Waals surface area (Å²) in [7, 11) is 0. The van der Waals surface area contributed by atoms with Crippen LogP contribution >= 0.6 is 0 Å². The maximum absolute atomic E-state index is 6.57. The number of fused-ring (bicyclic) bond motifs is 12. The lowest BCUT2D eigenvalue weighted by Gasteiger charge is -2.22. The smallest absolute Gasteiger partial charge is 0.136 e. The molecule has 68 heavy (non-hydrogen) atoms. The van der Waals surface area contributed by atoms with Crippen LogP contribution in [0, 0.1) is 0 Å². The van der Waals surface area contributed by atoms with Gasteiger partial charge in [0.1, 0.15) is 44.7 Å². The van der Waals surface area contributed by atoms with E-state index in [4.69, 9.17) is 17.7 Å². The third-order valence-electron chi connectivity index (χ3n) is 14.7. The van der Waals surface area contributed by atoms with Crippen LogP contribution in [0.15, 0.2) is 224 Å². The van der Waals surface area contributed by atoms with E-state index in [1.54, 1.807) is 0 Å². The van der Waals surface area contributed by atoms with Crippen LogP contribution in [-0.2, 0) is 0 Å². The standard InChI is InChI=1S/C64H34O4/c1-5-21-51-43(13-1)59-35(17-9-25-55(59)65-51)47-33-48(36-18-10-26-56-60(36)44-14-2-6-22-52(44)66-56)40-31-32-42-50(38-20-12-28-58-62(38)46-16-4-8-24-54(46)68-58)34-49(41-30-29-39(47)63(40)64(41)42)37-19-11-27-57-61(37)45-15-3-7-23-53(45)67-57/h1-34H. The molecule has 314 valence electrons. The molecule has 0 aliphatic heterocycles. The molecule has 16 rings (SSSR count). The Hall–Kier alpha value is -9.12. The van der Waals surface area contributed by atoms with Crippen LogP contribution < -0.4 is 0 Å². The SMILES string of the molecule is c1ccc2c(c1)oc1cccc(-c3cc(-c4cccc5oc6ccccc6c45)c4ccc5c(-c6cccc7oc8ccccc8c67)cc(-c6cccc7oc8ccccc8c67)c6ccc3c4c65)c12. The van der Waals surface area contributed by atoms with Gasteiger partial charge < -0.3 is 17.7 Å². The first-order chi connectivity index (χ1) is 33.7. The summed E-state index contributed by atoms with van der Waals surface area (Å²) in [5.74, 6) is 0. The zero-order chi connectivity index (χ0) is 44.2. The molecule has 0 bridgehead atoms. The molecule has 0 saturated carbocycles. The van der Waals surface area contributed by atoms with Gasteiger partial charge in [-0.15, -0.1) is 0 Å². The third-order valence-corrected chi connectivity index (χ3v) is 14.7. The molecule has 0 unspecified atom stereocenters. The van der Waals surface area contributed by atoms with Gasteiger partial charge in [-0.05, 0) is 137 Å². The fraction of sp³-hybridized carbons (Fsp3) is 0. The highest BCUT2D eigenvalue weighted by atomic mass is 16.3. The van der Waals surface area contributed by atoms with Gasteiger partial charge in [-0.1, -0.05) is 146 Å². The van der Waals surface area contributed by atoms with Gasteiger partial charge in [-0.2, -0.15) is 0 Å². The fourth-order valence-corrected chi connectivity index (χ4v) is 11.9. The van der Waals surface area contributed by atoms with Crippen LogP contribution in [0.25, 0.3) is 165 Å². The van der Waals surface area contributed by atoms with Gasteiger partial charge in [0, 0.05) is 43.1 Å². The molecular formula is C64H34O4. The van der Waals surface area contributed by atoms with E-state index < -0.39 is 0 Å². The zero-order valence-corrected chi connectivity index (χ0v) is 36.3. The number of hydrogen-bond donors (Lipinski definition) is 0. The highest BCUT2D eigenvalue weighted by Crippen LogP contribution is 2.53. The van der Waals surface area contributed by atoms with Crippen LogP contribution in [0.1, 0.15) is 0 Å². The summed E-state index contributed by atoms with van der Waals surface area (Å²) in [6.07, 6.45) is 0. The van der Waals surface area contributed by atoms with Crippen molar-refractivity contribution >= 4 is 120 Å². The monoisotopic (exact) mass is 866 g/mol. The summed E-state index contributed by atoms with van der Waals surface area (Å²) in [4.78, 5) is 0. The lowest BCUT2D eigenvalue weighted by atomic mass is 9.80. The Bertz CT molecular complexity index is 4200. The van der Waals surface area contributed by atoms with Crippen LogP contribution in [0.2, 0.25) is 0 Å². The van der Waals surface area contributed by atoms with E-state index in [0.717, 1.165) is 132 Å². The number of furan rings is 4. The first-order valence-electron chi connectivity index (χ1n) is 23.1. The third kappa shape index (κ3) is 4.77. The van der Waals surface area contributed by atoms with Gasteiger partial charge in [0.05, 0.1) is 0 Å². The maximum atomic E-state index is 6.57. The van der Waals surface area contributed by atoms with E-state index in [9.17, 15) is 0 Å². The quantitative estimate of drug-likeness (QED) is 0.165. The molecule has 12 aromatic carbocycles. The molecule has 0 spiro atoms. The Kier molecular flexibility index (Phi) is 7.04. The van der Waals surface area contributed by atoms with Crippen LogP contribution in [-0.4, -0.2) is 0 Å². The molecular weight excluding hydrogens is 833 g/mol. The van der Waals surface area contributed by atoms with E-state index in [-0.39, 0.29) is 0 Å². The van der Waals surface area contributed by atoms with E-state index in [2.05, 4.69) is 182 Å². The Balaban J connectivity index is 1.13. The summed E-state index contributed by atoms with van der Waals surface area (Å²) < 4.78 is 26.3. The minimum absolute atomic E-state index is 0.865. The highest BCUT2D eigenvalue weighted by molar-refractivity contribution is 6.35. The summed E-state index contributed by atoms with van der Waals surface area (Å²) >= 11 is 0. The second-order valence-electron chi connectivity index (χ2n) is 18.1. The predicted octanol–water partition coefficient (Wildman–Crippen LogP) is 18.8. The average molecular weight is 867 g/mol. The Morgan fingerprint density at radius 2 is 0.397 bits per heavy atom. The van der Waals surface area contributed by atoms with Crippen molar-refractivity contribution in [2.45, 2.75) is 0 Å². The molecule has 0 saturated heterocycles. The Labute approximate surface area is 386 Å². The average Bonchev–Trinajstić information content (AvgIpc) is 4.18. The van der Waals surface area contributed by atoms with E-state index in [1.807, 2.05) is 24.3 Å². The van der Waals surface area contributed by atoms with Crippen molar-refractivity contribution in [1.82, 2.24) is 0 Å². The van der Waals surface area contributed by atoms with Crippen molar-refractivity contribution in [3.05, 3.63) is 206 Å². The molecule has 0 aliphatic rings. The van der Waals surface area contributed by atoms with Crippen molar-refractivity contribution < 1.29 is 17.7 Å². The molecule has 0 amide bonds. The fourth-order valence-electron chi connectivity index (χ4n) is 11.9. The second-order valence-corrected chi connectivity index (χ2v) is 18.1. The van der Waals surface area contributed by atoms with Gasteiger partial charge in [0.2, 0.25) is 0 Å². The second kappa shape index (κ2) is 13.3. The van der Waals surface area contributed by atoms with Crippen molar-refractivity contribution in [1.29, 1.82) is 0 Å². The van der Waals surface area contributed by atoms with E-state index in [1.165, 1.54) is 32.3 Å². The molecule has 0 aliphatic carbocycles. The minimum atomic E-state index is 0.865.